The summed E-state index contributed by atoms with van der Waals surface area (Å²) in [6, 6.07) is 0. The zero-order valence-electron chi connectivity index (χ0n) is 4.58. The Morgan fingerprint density at radius 1 is 1.67 bits per heavy atom. The van der Waals surface area contributed by atoms with Gasteiger partial charge in [0, 0.05) is 1.43 Å². The van der Waals surface area contributed by atoms with Crippen LogP contribution in [0.4, 0.5) is 0 Å². The molecule has 3 N–H and O–H groups in total. The summed E-state index contributed by atoms with van der Waals surface area (Å²) >= 11 is 0. The molecule has 6 heavy (non-hydrogen) atoms. The lowest BCUT2D eigenvalue weighted by Crippen LogP contribution is -2.00. The molecule has 0 atom stereocenters. The van der Waals surface area contributed by atoms with Gasteiger partial charge in [0.15, 0.2) is 0 Å². The van der Waals surface area contributed by atoms with E-state index in [1.807, 2.05) is 13.8 Å². The van der Waals surface area contributed by atoms with Crippen LogP contribution in [0.5, 0.6) is 0 Å². The first-order chi connectivity index (χ1) is 2.73. The molecule has 2 heteroatoms. The molecule has 0 fully saturated rings. The average molecular weight is 90.2 g/mol. The highest BCUT2D eigenvalue weighted by Crippen LogP contribution is 1.36. The Bertz CT molecular complexity index is 32.7. The molecule has 0 heterocycles. The third kappa shape index (κ3) is 75.4. The molecule has 0 amide bonds. The summed E-state index contributed by atoms with van der Waals surface area (Å²) in [7, 11) is 0. The van der Waals surface area contributed by atoms with Crippen LogP contribution in [0.1, 0.15) is 22.2 Å². The van der Waals surface area contributed by atoms with Crippen LogP contribution >= 0.6 is 0 Å². The summed E-state index contributed by atoms with van der Waals surface area (Å²) < 4.78 is 0. The molecule has 0 aliphatic rings. The van der Waals surface area contributed by atoms with Crippen molar-refractivity contribution in [2.45, 2.75) is 20.8 Å². The quantitative estimate of drug-likeness (QED) is 0.341. The molecule has 0 radical (unpaired) electrons. The van der Waals surface area contributed by atoms with Crippen LogP contribution in [-0.4, -0.2) is 5.84 Å². The Hall–Kier alpha value is -0.530. The summed E-state index contributed by atoms with van der Waals surface area (Å²) in [5, 5.41) is 6.28. The van der Waals surface area contributed by atoms with Crippen molar-refractivity contribution in [3.8, 4) is 0 Å². The van der Waals surface area contributed by atoms with Gasteiger partial charge in [-0.2, -0.15) is 0 Å². The van der Waals surface area contributed by atoms with Crippen LogP contribution in [0.3, 0.4) is 0 Å². The summed E-state index contributed by atoms with van der Waals surface area (Å²) in [5.74, 6) is 0.167. The van der Waals surface area contributed by atoms with Gasteiger partial charge in [-0.1, -0.05) is 13.8 Å². The van der Waals surface area contributed by atoms with Gasteiger partial charge >= 0.3 is 0 Å². The number of hydrogen-bond donors (Lipinski definition) is 2. The lowest BCUT2D eigenvalue weighted by Gasteiger charge is -1.66. The molecule has 0 saturated heterocycles. The van der Waals surface area contributed by atoms with Gasteiger partial charge < -0.3 is 5.73 Å². The largest absolute Gasteiger partial charge is 0.388 e. The third-order valence-electron chi connectivity index (χ3n) is 0. The summed E-state index contributed by atoms with van der Waals surface area (Å²) in [6.45, 7) is 5.53. The molecule has 0 aromatic rings. The molecule has 0 bridgehead atoms. The number of nitrogens with two attached hydrogens (primary N) is 1. The zero-order valence-corrected chi connectivity index (χ0v) is 4.58. The van der Waals surface area contributed by atoms with E-state index in [4.69, 9.17) is 11.1 Å². The Morgan fingerprint density at radius 3 is 1.67 bits per heavy atom. The number of rotatable bonds is 0. The van der Waals surface area contributed by atoms with Crippen molar-refractivity contribution in [3.05, 3.63) is 0 Å². The van der Waals surface area contributed by atoms with Gasteiger partial charge in [-0.3, -0.25) is 5.41 Å². The molecule has 0 spiro atoms. The van der Waals surface area contributed by atoms with Crippen LogP contribution in [0.2, 0.25) is 0 Å². The van der Waals surface area contributed by atoms with Crippen LogP contribution in [0.25, 0.3) is 0 Å². The predicted octanol–water partition coefficient (Wildman–Crippen LogP) is 1.21. The summed E-state index contributed by atoms with van der Waals surface area (Å²) in [4.78, 5) is 0. The van der Waals surface area contributed by atoms with Gasteiger partial charge in [-0.25, -0.2) is 0 Å². The molecule has 0 aromatic carbocycles. The van der Waals surface area contributed by atoms with E-state index < -0.39 is 0 Å². The molecular weight excluding hydrogens is 76.1 g/mol. The molecule has 0 aliphatic carbocycles. The second-order valence-corrected chi connectivity index (χ2v) is 0.683. The maximum Gasteiger partial charge on any atom is 0.0873 e. The molecule has 0 unspecified atom stereocenters. The van der Waals surface area contributed by atoms with Crippen molar-refractivity contribution >= 4 is 5.84 Å². The third-order valence-corrected chi connectivity index (χ3v) is 0. The van der Waals surface area contributed by atoms with E-state index in [1.54, 1.807) is 0 Å². The van der Waals surface area contributed by atoms with Crippen molar-refractivity contribution in [1.82, 2.24) is 0 Å². The average Bonchev–Trinajstić information content (AvgIpc) is 1.41. The maximum absolute atomic E-state index is 6.28. The Kier molecular flexibility index (Phi) is 13.3. The minimum Gasteiger partial charge on any atom is -0.388 e. The van der Waals surface area contributed by atoms with Gasteiger partial charge in [0.25, 0.3) is 0 Å². The SMILES string of the molecule is CC.CC(=N)N.[HH]. The lowest BCUT2D eigenvalue weighted by atomic mass is 10.8. The van der Waals surface area contributed by atoms with E-state index in [2.05, 4.69) is 0 Å². The number of hydrogen-bond acceptors (Lipinski definition) is 1. The topological polar surface area (TPSA) is 49.9 Å². The smallest absolute Gasteiger partial charge is 0.0873 e. The van der Waals surface area contributed by atoms with Gasteiger partial charge in [0.2, 0.25) is 0 Å². The van der Waals surface area contributed by atoms with Crippen molar-refractivity contribution in [3.63, 3.8) is 0 Å². The molecular formula is C4H14N2. The molecule has 2 nitrogen and oxygen atoms in total. The monoisotopic (exact) mass is 90.1 g/mol. The fraction of sp³-hybridized carbons (Fsp3) is 0.750. The van der Waals surface area contributed by atoms with Gasteiger partial charge in [0.05, 0.1) is 5.84 Å². The normalized spacial score (nSPS) is 5.17. The fourth-order valence-electron chi connectivity index (χ4n) is 0. The molecule has 0 saturated carbocycles. The predicted molar refractivity (Wildman–Crippen MR) is 31.1 cm³/mol. The molecule has 40 valence electrons. The van der Waals surface area contributed by atoms with E-state index in [0.717, 1.165) is 0 Å². The standard InChI is InChI=1S/C2H6N2.C2H6.H2/c1-2(3)4;1-2;/h1H3,(H3,3,4);1-2H3;1H. The van der Waals surface area contributed by atoms with Crippen LogP contribution in [0.15, 0.2) is 0 Å². The Labute approximate surface area is 40.3 Å². The molecule has 0 aromatic heterocycles. The van der Waals surface area contributed by atoms with E-state index in [-0.39, 0.29) is 7.26 Å². The minimum atomic E-state index is 0. The van der Waals surface area contributed by atoms with Crippen LogP contribution in [-0.2, 0) is 0 Å². The van der Waals surface area contributed by atoms with Gasteiger partial charge in [0.1, 0.15) is 0 Å². The fourth-order valence-corrected chi connectivity index (χ4v) is 0. The lowest BCUT2D eigenvalue weighted by molar-refractivity contribution is 1.42. The second kappa shape index (κ2) is 8.82. The summed E-state index contributed by atoms with van der Waals surface area (Å²) in [5.41, 5.74) is 4.69. The van der Waals surface area contributed by atoms with Crippen LogP contribution < -0.4 is 5.73 Å². The Balaban J connectivity index is -0.0000000480. The highest BCUT2D eigenvalue weighted by Gasteiger charge is 1.53. The number of nitrogens with one attached hydrogen (secondary N) is 1. The first-order valence-electron chi connectivity index (χ1n) is 2.04. The summed E-state index contributed by atoms with van der Waals surface area (Å²) in [6.07, 6.45) is 0. The van der Waals surface area contributed by atoms with Crippen LogP contribution in [0, 0.1) is 5.41 Å². The van der Waals surface area contributed by atoms with Crippen molar-refractivity contribution in [2.75, 3.05) is 0 Å². The second-order valence-electron chi connectivity index (χ2n) is 0.683. The first-order valence-corrected chi connectivity index (χ1v) is 2.04. The van der Waals surface area contributed by atoms with Gasteiger partial charge in [-0.05, 0) is 6.92 Å². The van der Waals surface area contributed by atoms with E-state index in [0.29, 0.717) is 0 Å². The highest BCUT2D eigenvalue weighted by atomic mass is 14.7. The zero-order chi connectivity index (χ0) is 5.58. The number of amidine groups is 1. The first kappa shape index (κ1) is 9.08. The maximum atomic E-state index is 6.28. The minimum absolute atomic E-state index is 0. The van der Waals surface area contributed by atoms with Crippen molar-refractivity contribution < 1.29 is 1.43 Å². The van der Waals surface area contributed by atoms with E-state index in [1.165, 1.54) is 6.92 Å². The van der Waals surface area contributed by atoms with Crippen molar-refractivity contribution in [2.24, 2.45) is 5.73 Å². The van der Waals surface area contributed by atoms with E-state index in [9.17, 15) is 0 Å². The van der Waals surface area contributed by atoms with Crippen molar-refractivity contribution in [1.29, 1.82) is 5.41 Å². The Morgan fingerprint density at radius 2 is 1.67 bits per heavy atom. The molecule has 0 aliphatic heterocycles. The molecule has 0 rings (SSSR count). The highest BCUT2D eigenvalue weighted by molar-refractivity contribution is 5.73. The van der Waals surface area contributed by atoms with Gasteiger partial charge in [-0.15, -0.1) is 0 Å². The van der Waals surface area contributed by atoms with E-state index >= 15 is 0 Å².